The zero-order valence-electron chi connectivity index (χ0n) is 15.1. The molecule has 0 saturated heterocycles. The minimum absolute atomic E-state index is 0.00399. The number of nitrogens with zero attached hydrogens (tertiary/aromatic N) is 1. The van der Waals surface area contributed by atoms with Crippen molar-refractivity contribution in [2.24, 2.45) is 0 Å². The van der Waals surface area contributed by atoms with Crippen LogP contribution in [0, 0.1) is 10.1 Å². The number of benzene rings is 2. The molecule has 8 nitrogen and oxygen atoms in total. The van der Waals surface area contributed by atoms with Gasteiger partial charge in [0.25, 0.3) is 11.6 Å². The number of ether oxygens (including phenoxy) is 1. The first-order valence-electron chi connectivity index (χ1n) is 8.39. The highest BCUT2D eigenvalue weighted by Gasteiger charge is 2.19. The Bertz CT molecular complexity index is 821. The van der Waals surface area contributed by atoms with Crippen molar-refractivity contribution in [3.05, 3.63) is 69.8 Å². The zero-order valence-corrected chi connectivity index (χ0v) is 15.1. The maximum absolute atomic E-state index is 12.1. The molecule has 27 heavy (non-hydrogen) atoms. The van der Waals surface area contributed by atoms with Gasteiger partial charge in [-0.05, 0) is 31.5 Å². The first-order chi connectivity index (χ1) is 12.9. The number of esters is 1. The number of nitro groups is 1. The van der Waals surface area contributed by atoms with Crippen LogP contribution in [0.2, 0.25) is 0 Å². The van der Waals surface area contributed by atoms with Crippen molar-refractivity contribution in [1.82, 2.24) is 5.32 Å². The number of carbonyl (C=O) groups is 2. The molecule has 2 aromatic rings. The fourth-order valence-electron chi connectivity index (χ4n) is 2.33. The van der Waals surface area contributed by atoms with Gasteiger partial charge in [-0.15, -0.1) is 0 Å². The third-order valence-electron chi connectivity index (χ3n) is 3.54. The SMILES string of the molecule is CC(C)NC(=O)COC(=O)c1ccc(NCc2ccccc2)c([N+](=O)[O-])c1. The van der Waals surface area contributed by atoms with E-state index >= 15 is 0 Å². The zero-order chi connectivity index (χ0) is 19.8. The van der Waals surface area contributed by atoms with Gasteiger partial charge in [-0.3, -0.25) is 14.9 Å². The van der Waals surface area contributed by atoms with Crippen LogP contribution in [0.5, 0.6) is 0 Å². The van der Waals surface area contributed by atoms with Crippen molar-refractivity contribution in [3.63, 3.8) is 0 Å². The van der Waals surface area contributed by atoms with E-state index in [1.165, 1.54) is 12.1 Å². The van der Waals surface area contributed by atoms with E-state index in [1.807, 2.05) is 30.3 Å². The van der Waals surface area contributed by atoms with Gasteiger partial charge in [0.15, 0.2) is 6.61 Å². The Kier molecular flexibility index (Phi) is 6.87. The molecule has 0 aromatic heterocycles. The Morgan fingerprint density at radius 3 is 2.48 bits per heavy atom. The number of anilines is 1. The molecule has 142 valence electrons. The molecule has 0 aliphatic carbocycles. The molecule has 2 rings (SSSR count). The normalized spacial score (nSPS) is 10.3. The van der Waals surface area contributed by atoms with Gasteiger partial charge in [0.2, 0.25) is 0 Å². The van der Waals surface area contributed by atoms with Crippen molar-refractivity contribution >= 4 is 23.3 Å². The molecule has 0 spiro atoms. The number of nitro benzene ring substituents is 1. The minimum Gasteiger partial charge on any atom is -0.452 e. The van der Waals surface area contributed by atoms with Crippen molar-refractivity contribution in [1.29, 1.82) is 0 Å². The Morgan fingerprint density at radius 2 is 1.85 bits per heavy atom. The van der Waals surface area contributed by atoms with Crippen LogP contribution in [-0.4, -0.2) is 29.4 Å². The summed E-state index contributed by atoms with van der Waals surface area (Å²) >= 11 is 0. The molecule has 0 atom stereocenters. The van der Waals surface area contributed by atoms with Crippen LogP contribution in [-0.2, 0) is 16.1 Å². The summed E-state index contributed by atoms with van der Waals surface area (Å²) in [5, 5.41) is 16.9. The van der Waals surface area contributed by atoms with Crippen LogP contribution in [0.1, 0.15) is 29.8 Å². The van der Waals surface area contributed by atoms with Crippen molar-refractivity contribution in [2.45, 2.75) is 26.4 Å². The Balaban J connectivity index is 2.06. The number of nitrogens with one attached hydrogen (secondary N) is 2. The maximum Gasteiger partial charge on any atom is 0.338 e. The molecule has 0 aliphatic rings. The highest BCUT2D eigenvalue weighted by atomic mass is 16.6. The maximum atomic E-state index is 12.1. The minimum atomic E-state index is -0.799. The lowest BCUT2D eigenvalue weighted by Crippen LogP contribution is -2.33. The van der Waals surface area contributed by atoms with Gasteiger partial charge in [0.1, 0.15) is 5.69 Å². The fourth-order valence-corrected chi connectivity index (χ4v) is 2.33. The Hall–Kier alpha value is -3.42. The van der Waals surface area contributed by atoms with Crippen LogP contribution in [0.25, 0.3) is 0 Å². The van der Waals surface area contributed by atoms with E-state index in [-0.39, 0.29) is 23.0 Å². The second-order valence-corrected chi connectivity index (χ2v) is 6.13. The van der Waals surface area contributed by atoms with Crippen LogP contribution >= 0.6 is 0 Å². The number of rotatable bonds is 8. The molecule has 0 radical (unpaired) electrons. The first-order valence-corrected chi connectivity index (χ1v) is 8.39. The summed E-state index contributed by atoms with van der Waals surface area (Å²) in [5.74, 6) is -1.24. The van der Waals surface area contributed by atoms with Gasteiger partial charge in [0, 0.05) is 18.7 Å². The van der Waals surface area contributed by atoms with Gasteiger partial charge >= 0.3 is 5.97 Å². The van der Waals surface area contributed by atoms with Crippen LogP contribution in [0.4, 0.5) is 11.4 Å². The van der Waals surface area contributed by atoms with Crippen molar-refractivity contribution < 1.29 is 19.2 Å². The highest BCUT2D eigenvalue weighted by molar-refractivity contribution is 5.93. The molecule has 8 heteroatoms. The van der Waals surface area contributed by atoms with E-state index in [4.69, 9.17) is 4.74 Å². The average Bonchev–Trinajstić information content (AvgIpc) is 2.64. The van der Waals surface area contributed by atoms with E-state index in [2.05, 4.69) is 10.6 Å². The smallest absolute Gasteiger partial charge is 0.338 e. The quantitative estimate of drug-likeness (QED) is 0.419. The lowest BCUT2D eigenvalue weighted by molar-refractivity contribution is -0.384. The van der Waals surface area contributed by atoms with E-state index in [1.54, 1.807) is 13.8 Å². The molecular weight excluding hydrogens is 350 g/mol. The van der Waals surface area contributed by atoms with E-state index in [0.717, 1.165) is 11.6 Å². The lowest BCUT2D eigenvalue weighted by atomic mass is 10.1. The Morgan fingerprint density at radius 1 is 1.15 bits per heavy atom. The molecule has 0 bridgehead atoms. The van der Waals surface area contributed by atoms with Crippen LogP contribution in [0.3, 0.4) is 0 Å². The predicted octanol–water partition coefficient (Wildman–Crippen LogP) is 2.89. The number of hydrogen-bond donors (Lipinski definition) is 2. The molecule has 1 amide bonds. The average molecular weight is 371 g/mol. The van der Waals surface area contributed by atoms with Crippen molar-refractivity contribution in [3.8, 4) is 0 Å². The van der Waals surface area contributed by atoms with Gasteiger partial charge in [-0.2, -0.15) is 0 Å². The molecular formula is C19H21N3O5. The monoisotopic (exact) mass is 371 g/mol. The Labute approximate surface area is 156 Å². The first kappa shape index (κ1) is 19.9. The van der Waals surface area contributed by atoms with E-state index in [0.29, 0.717) is 6.54 Å². The van der Waals surface area contributed by atoms with Gasteiger partial charge in [0.05, 0.1) is 10.5 Å². The molecule has 0 heterocycles. The molecule has 0 fully saturated rings. The van der Waals surface area contributed by atoms with E-state index in [9.17, 15) is 19.7 Å². The second-order valence-electron chi connectivity index (χ2n) is 6.13. The second kappa shape index (κ2) is 9.33. The summed E-state index contributed by atoms with van der Waals surface area (Å²) in [6, 6.07) is 13.4. The third kappa shape index (κ3) is 6.10. The molecule has 0 unspecified atom stereocenters. The summed E-state index contributed by atoms with van der Waals surface area (Å²) in [5.41, 5.74) is 1.01. The van der Waals surface area contributed by atoms with Crippen molar-refractivity contribution in [2.75, 3.05) is 11.9 Å². The largest absolute Gasteiger partial charge is 0.452 e. The topological polar surface area (TPSA) is 111 Å². The standard InChI is InChI=1S/C19H21N3O5/c1-13(2)21-18(23)12-27-19(24)15-8-9-16(17(10-15)22(25)26)20-11-14-6-4-3-5-7-14/h3-10,13,20H,11-12H2,1-2H3,(H,21,23). The summed E-state index contributed by atoms with van der Waals surface area (Å²) in [7, 11) is 0. The molecule has 2 aromatic carbocycles. The molecule has 0 saturated carbocycles. The van der Waals surface area contributed by atoms with Crippen LogP contribution in [0.15, 0.2) is 48.5 Å². The van der Waals surface area contributed by atoms with Crippen LogP contribution < -0.4 is 10.6 Å². The number of amides is 1. The summed E-state index contributed by atoms with van der Waals surface area (Å²) in [6.07, 6.45) is 0. The van der Waals surface area contributed by atoms with Gasteiger partial charge in [-0.1, -0.05) is 30.3 Å². The third-order valence-corrected chi connectivity index (χ3v) is 3.54. The number of carbonyl (C=O) groups excluding carboxylic acids is 2. The highest BCUT2D eigenvalue weighted by Crippen LogP contribution is 2.26. The lowest BCUT2D eigenvalue weighted by Gasteiger charge is -2.10. The fraction of sp³-hybridized carbons (Fsp3) is 0.263. The van der Waals surface area contributed by atoms with E-state index < -0.39 is 23.4 Å². The summed E-state index contributed by atoms with van der Waals surface area (Å²) in [4.78, 5) is 34.4. The molecule has 2 N–H and O–H groups in total. The van der Waals surface area contributed by atoms with Gasteiger partial charge < -0.3 is 15.4 Å². The summed E-state index contributed by atoms with van der Waals surface area (Å²) < 4.78 is 4.90. The summed E-state index contributed by atoms with van der Waals surface area (Å²) in [6.45, 7) is 3.52. The predicted molar refractivity (Wildman–Crippen MR) is 100 cm³/mol. The number of hydrogen-bond acceptors (Lipinski definition) is 6. The molecule has 0 aliphatic heterocycles. The van der Waals surface area contributed by atoms with Gasteiger partial charge in [-0.25, -0.2) is 4.79 Å².